The number of thioether (sulfide) groups is 1. The van der Waals surface area contributed by atoms with Crippen LogP contribution in [0.15, 0.2) is 24.3 Å². The first-order valence-corrected chi connectivity index (χ1v) is 9.19. The van der Waals surface area contributed by atoms with Gasteiger partial charge in [0.2, 0.25) is 0 Å². The average molecular weight is 312 g/mol. The molecular formula is C17H26ClNS. The van der Waals surface area contributed by atoms with Crippen molar-refractivity contribution < 1.29 is 0 Å². The van der Waals surface area contributed by atoms with Crippen LogP contribution in [0.25, 0.3) is 0 Å². The van der Waals surface area contributed by atoms with Crippen LogP contribution in [0.5, 0.6) is 0 Å². The third kappa shape index (κ3) is 4.68. The van der Waals surface area contributed by atoms with E-state index in [2.05, 4.69) is 43.2 Å². The SMILES string of the molecule is CCCC1CCC(NC)C(SCc2ccc(Cl)cc2)C1. The van der Waals surface area contributed by atoms with Crippen molar-refractivity contribution in [1.29, 1.82) is 0 Å². The minimum Gasteiger partial charge on any atom is -0.316 e. The van der Waals surface area contributed by atoms with Gasteiger partial charge in [0.05, 0.1) is 0 Å². The van der Waals surface area contributed by atoms with E-state index in [1.165, 1.54) is 37.7 Å². The Kier molecular flexibility index (Phi) is 6.73. The maximum atomic E-state index is 5.94. The third-order valence-corrected chi connectivity index (χ3v) is 6.05. The van der Waals surface area contributed by atoms with E-state index < -0.39 is 0 Å². The van der Waals surface area contributed by atoms with E-state index in [0.717, 1.165) is 21.9 Å². The molecule has 3 unspecified atom stereocenters. The molecule has 2 rings (SSSR count). The number of halogens is 1. The zero-order valence-corrected chi connectivity index (χ0v) is 14.1. The fraction of sp³-hybridized carbons (Fsp3) is 0.647. The maximum absolute atomic E-state index is 5.94. The predicted molar refractivity (Wildman–Crippen MR) is 91.6 cm³/mol. The second kappa shape index (κ2) is 8.31. The van der Waals surface area contributed by atoms with Crippen LogP contribution in [0, 0.1) is 5.92 Å². The van der Waals surface area contributed by atoms with Crippen molar-refractivity contribution in [2.24, 2.45) is 5.92 Å². The summed E-state index contributed by atoms with van der Waals surface area (Å²) in [5.41, 5.74) is 1.38. The molecule has 1 N–H and O–H groups in total. The first-order valence-electron chi connectivity index (χ1n) is 7.76. The minimum absolute atomic E-state index is 0.681. The lowest BCUT2D eigenvalue weighted by atomic mass is 9.83. The van der Waals surface area contributed by atoms with Gasteiger partial charge in [0.1, 0.15) is 0 Å². The molecule has 3 heteroatoms. The Morgan fingerprint density at radius 3 is 2.65 bits per heavy atom. The highest BCUT2D eigenvalue weighted by Crippen LogP contribution is 2.36. The Balaban J connectivity index is 1.88. The molecule has 1 fully saturated rings. The van der Waals surface area contributed by atoms with Crippen LogP contribution < -0.4 is 5.32 Å². The molecule has 0 bridgehead atoms. The van der Waals surface area contributed by atoms with Gasteiger partial charge in [-0.25, -0.2) is 0 Å². The van der Waals surface area contributed by atoms with Crippen molar-refractivity contribution in [3.05, 3.63) is 34.9 Å². The lowest BCUT2D eigenvalue weighted by Crippen LogP contribution is -2.40. The van der Waals surface area contributed by atoms with Crippen LogP contribution in [0.1, 0.15) is 44.6 Å². The van der Waals surface area contributed by atoms with Gasteiger partial charge in [-0.2, -0.15) is 11.8 Å². The molecule has 1 aliphatic carbocycles. The lowest BCUT2D eigenvalue weighted by molar-refractivity contribution is 0.295. The molecule has 1 aliphatic rings. The van der Waals surface area contributed by atoms with Gasteiger partial charge in [0, 0.05) is 22.1 Å². The minimum atomic E-state index is 0.681. The summed E-state index contributed by atoms with van der Waals surface area (Å²) in [6, 6.07) is 8.97. The van der Waals surface area contributed by atoms with Gasteiger partial charge in [0.25, 0.3) is 0 Å². The van der Waals surface area contributed by atoms with Gasteiger partial charge >= 0.3 is 0 Å². The fourth-order valence-electron chi connectivity index (χ4n) is 3.18. The summed E-state index contributed by atoms with van der Waals surface area (Å²) in [5, 5.41) is 5.10. The molecule has 0 amide bonds. The van der Waals surface area contributed by atoms with Crippen LogP contribution in [-0.2, 0) is 5.75 Å². The number of nitrogens with one attached hydrogen (secondary N) is 1. The topological polar surface area (TPSA) is 12.0 Å². The Labute approximate surface area is 132 Å². The highest BCUT2D eigenvalue weighted by Gasteiger charge is 2.29. The molecule has 112 valence electrons. The number of rotatable bonds is 6. The van der Waals surface area contributed by atoms with Gasteiger partial charge in [-0.1, -0.05) is 43.5 Å². The first-order chi connectivity index (χ1) is 9.72. The zero-order valence-electron chi connectivity index (χ0n) is 12.6. The molecule has 0 spiro atoms. The molecule has 1 nitrogen and oxygen atoms in total. The maximum Gasteiger partial charge on any atom is 0.0406 e. The molecule has 1 saturated carbocycles. The standard InChI is InChI=1S/C17H26ClNS/c1-3-4-13-7-10-16(19-2)17(11-13)20-12-14-5-8-15(18)9-6-14/h5-6,8-9,13,16-17,19H,3-4,7,10-12H2,1-2H3. The third-order valence-electron chi connectivity index (χ3n) is 4.35. The van der Waals surface area contributed by atoms with Crippen molar-refractivity contribution in [2.75, 3.05) is 7.05 Å². The Bertz CT molecular complexity index is 392. The summed E-state index contributed by atoms with van der Waals surface area (Å²) >= 11 is 8.06. The number of benzene rings is 1. The van der Waals surface area contributed by atoms with E-state index in [9.17, 15) is 0 Å². The van der Waals surface area contributed by atoms with Gasteiger partial charge in [-0.15, -0.1) is 0 Å². The largest absolute Gasteiger partial charge is 0.316 e. The summed E-state index contributed by atoms with van der Waals surface area (Å²) in [6.45, 7) is 2.31. The Morgan fingerprint density at radius 2 is 2.00 bits per heavy atom. The van der Waals surface area contributed by atoms with Gasteiger partial charge in [-0.05, 0) is 49.9 Å². The van der Waals surface area contributed by atoms with E-state index >= 15 is 0 Å². The summed E-state index contributed by atoms with van der Waals surface area (Å²) in [7, 11) is 2.11. The van der Waals surface area contributed by atoms with Gasteiger partial charge in [0.15, 0.2) is 0 Å². The number of hydrogen-bond acceptors (Lipinski definition) is 2. The quantitative estimate of drug-likeness (QED) is 0.781. The van der Waals surface area contributed by atoms with Crippen molar-refractivity contribution in [2.45, 2.75) is 56.1 Å². The van der Waals surface area contributed by atoms with Crippen molar-refractivity contribution >= 4 is 23.4 Å². The van der Waals surface area contributed by atoms with E-state index in [4.69, 9.17) is 11.6 Å². The van der Waals surface area contributed by atoms with Crippen LogP contribution in [0.2, 0.25) is 5.02 Å². The van der Waals surface area contributed by atoms with Crippen LogP contribution in [0.4, 0.5) is 0 Å². The smallest absolute Gasteiger partial charge is 0.0406 e. The van der Waals surface area contributed by atoms with Crippen molar-refractivity contribution in [3.63, 3.8) is 0 Å². The molecule has 0 radical (unpaired) electrons. The molecule has 3 atom stereocenters. The van der Waals surface area contributed by atoms with Crippen LogP contribution in [0.3, 0.4) is 0 Å². The summed E-state index contributed by atoms with van der Waals surface area (Å²) in [4.78, 5) is 0. The molecule has 1 aromatic carbocycles. The van der Waals surface area contributed by atoms with E-state index in [-0.39, 0.29) is 0 Å². The summed E-state index contributed by atoms with van der Waals surface area (Å²) in [5.74, 6) is 2.03. The Hall–Kier alpha value is -0.180. The van der Waals surface area contributed by atoms with Crippen molar-refractivity contribution in [1.82, 2.24) is 5.32 Å². The lowest BCUT2D eigenvalue weighted by Gasteiger charge is -2.35. The van der Waals surface area contributed by atoms with Gasteiger partial charge < -0.3 is 5.32 Å². The first kappa shape index (κ1) is 16.2. The van der Waals surface area contributed by atoms with Crippen LogP contribution >= 0.6 is 23.4 Å². The second-order valence-electron chi connectivity index (χ2n) is 5.84. The zero-order chi connectivity index (χ0) is 14.4. The fourth-order valence-corrected chi connectivity index (χ4v) is 4.82. The predicted octanol–water partition coefficient (Wildman–Crippen LogP) is 5.13. The monoisotopic (exact) mass is 311 g/mol. The van der Waals surface area contributed by atoms with E-state index in [1.807, 2.05) is 12.1 Å². The molecule has 20 heavy (non-hydrogen) atoms. The highest BCUT2D eigenvalue weighted by atomic mass is 35.5. The number of hydrogen-bond donors (Lipinski definition) is 1. The van der Waals surface area contributed by atoms with Crippen molar-refractivity contribution in [3.8, 4) is 0 Å². The summed E-state index contributed by atoms with van der Waals surface area (Å²) in [6.07, 6.45) is 6.83. The molecule has 0 aliphatic heterocycles. The molecule has 0 heterocycles. The average Bonchev–Trinajstić information content (AvgIpc) is 2.47. The molecule has 0 aromatic heterocycles. The summed E-state index contributed by atoms with van der Waals surface area (Å²) < 4.78 is 0. The molecule has 0 saturated heterocycles. The second-order valence-corrected chi connectivity index (χ2v) is 7.50. The molecular weight excluding hydrogens is 286 g/mol. The molecule has 1 aromatic rings. The highest BCUT2D eigenvalue weighted by molar-refractivity contribution is 7.99. The van der Waals surface area contributed by atoms with Crippen LogP contribution in [-0.4, -0.2) is 18.3 Å². The van der Waals surface area contributed by atoms with Gasteiger partial charge in [-0.3, -0.25) is 0 Å². The van der Waals surface area contributed by atoms with E-state index in [0.29, 0.717) is 6.04 Å². The Morgan fingerprint density at radius 1 is 1.25 bits per heavy atom. The van der Waals surface area contributed by atoms with E-state index in [1.54, 1.807) is 0 Å². The normalized spacial score (nSPS) is 26.6.